The van der Waals surface area contributed by atoms with Gasteiger partial charge in [0.25, 0.3) is 0 Å². The van der Waals surface area contributed by atoms with Crippen molar-refractivity contribution in [3.8, 4) is 39.1 Å². The first-order valence-corrected chi connectivity index (χ1v) is 19.1. The van der Waals surface area contributed by atoms with Gasteiger partial charge in [0.15, 0.2) is 0 Å². The van der Waals surface area contributed by atoms with Gasteiger partial charge in [0.05, 0.1) is 11.0 Å². The number of rotatable bonds is 3. The SMILES string of the molecule is c1ccc2c(c1)-c1cc(-c3ccc4c(c3)c3ccccc3n4-c3ccc(-c4ccc5ccccc5c4)cc3)ccc1C21C2CC3CC4CC1C42C3. The summed E-state index contributed by atoms with van der Waals surface area (Å²) in [5.41, 5.74) is 16.0. The lowest BCUT2D eigenvalue weighted by Crippen LogP contribution is -2.73. The molecule has 0 N–H and O–H groups in total. The highest BCUT2D eigenvalue weighted by molar-refractivity contribution is 6.10. The zero-order valence-corrected chi connectivity index (χ0v) is 28.5. The number of fused-ring (bicyclic) bond motifs is 12. The Hall–Kier alpha value is -5.40. The Balaban J connectivity index is 0.917. The van der Waals surface area contributed by atoms with E-state index in [9.17, 15) is 0 Å². The van der Waals surface area contributed by atoms with Crippen LogP contribution >= 0.6 is 0 Å². The van der Waals surface area contributed by atoms with Gasteiger partial charge in [0, 0.05) is 21.9 Å². The number of para-hydroxylation sites is 1. The van der Waals surface area contributed by atoms with E-state index in [0.29, 0.717) is 5.41 Å². The maximum Gasteiger partial charge on any atom is 0.0541 e. The van der Waals surface area contributed by atoms with Gasteiger partial charge < -0.3 is 4.57 Å². The lowest BCUT2D eigenvalue weighted by atomic mass is 9.27. The van der Waals surface area contributed by atoms with Gasteiger partial charge in [-0.15, -0.1) is 0 Å². The van der Waals surface area contributed by atoms with E-state index >= 15 is 0 Å². The minimum Gasteiger partial charge on any atom is -0.309 e. The summed E-state index contributed by atoms with van der Waals surface area (Å²) in [6.45, 7) is 0. The first kappa shape index (κ1) is 27.3. The fourth-order valence-electron chi connectivity index (χ4n) is 13.1. The highest BCUT2D eigenvalue weighted by Crippen LogP contribution is 2.89. The highest BCUT2D eigenvalue weighted by Gasteiger charge is 2.84. The van der Waals surface area contributed by atoms with E-state index < -0.39 is 0 Å². The van der Waals surface area contributed by atoms with Crippen molar-refractivity contribution >= 4 is 32.6 Å². The van der Waals surface area contributed by atoms with Crippen molar-refractivity contribution in [3.05, 3.63) is 163 Å². The number of aromatic nitrogens is 1. The van der Waals surface area contributed by atoms with Crippen molar-refractivity contribution in [2.45, 2.75) is 31.1 Å². The molecule has 8 aromatic rings. The Bertz CT molecular complexity index is 2800. The summed E-state index contributed by atoms with van der Waals surface area (Å²) in [5.74, 6) is 3.70. The molecule has 2 spiro atoms. The molecule has 0 aliphatic heterocycles. The Kier molecular flexibility index (Phi) is 4.97. The van der Waals surface area contributed by atoms with Crippen molar-refractivity contribution in [3.63, 3.8) is 0 Å². The van der Waals surface area contributed by atoms with Gasteiger partial charge >= 0.3 is 0 Å². The van der Waals surface area contributed by atoms with Crippen LogP contribution in [0.5, 0.6) is 0 Å². The molecule has 5 aliphatic carbocycles. The molecular formula is C50H37N. The van der Waals surface area contributed by atoms with Crippen molar-refractivity contribution in [2.75, 3.05) is 0 Å². The van der Waals surface area contributed by atoms with E-state index in [0.717, 1.165) is 23.7 Å². The summed E-state index contributed by atoms with van der Waals surface area (Å²) in [7, 11) is 0. The van der Waals surface area contributed by atoms with Crippen LogP contribution in [0, 0.1) is 29.1 Å². The van der Waals surface area contributed by atoms with Crippen LogP contribution in [0.2, 0.25) is 0 Å². The highest BCUT2D eigenvalue weighted by atomic mass is 15.0. The molecule has 0 saturated heterocycles. The second-order valence-corrected chi connectivity index (χ2v) is 16.6. The summed E-state index contributed by atoms with van der Waals surface area (Å²) >= 11 is 0. The fraction of sp³-hybridized carbons (Fsp3) is 0.200. The Morgan fingerprint density at radius 3 is 2.08 bits per heavy atom. The molecule has 13 rings (SSSR count). The van der Waals surface area contributed by atoms with Gasteiger partial charge in [0.2, 0.25) is 0 Å². The van der Waals surface area contributed by atoms with E-state index in [1.165, 1.54) is 97.3 Å². The summed E-state index contributed by atoms with van der Waals surface area (Å²) in [4.78, 5) is 0. The molecule has 1 heterocycles. The third kappa shape index (κ3) is 3.18. The lowest BCUT2D eigenvalue weighted by Gasteiger charge is -2.76. The summed E-state index contributed by atoms with van der Waals surface area (Å²) < 4.78 is 2.44. The molecular weight excluding hydrogens is 615 g/mol. The van der Waals surface area contributed by atoms with Crippen LogP contribution in [0.3, 0.4) is 0 Å². The molecule has 1 aromatic heterocycles. The molecule has 2 bridgehead atoms. The maximum absolute atomic E-state index is 2.56. The maximum atomic E-state index is 2.56. The van der Waals surface area contributed by atoms with Gasteiger partial charge in [-0.1, -0.05) is 109 Å². The minimum atomic E-state index is 0.261. The molecule has 7 aromatic carbocycles. The topological polar surface area (TPSA) is 4.93 Å². The minimum absolute atomic E-state index is 0.261. The van der Waals surface area contributed by atoms with Crippen molar-refractivity contribution in [1.82, 2.24) is 4.57 Å². The quantitative estimate of drug-likeness (QED) is 0.179. The van der Waals surface area contributed by atoms with Crippen molar-refractivity contribution < 1.29 is 0 Å². The van der Waals surface area contributed by atoms with Crippen LogP contribution in [0.4, 0.5) is 0 Å². The normalized spacial score (nSPS) is 27.5. The predicted octanol–water partition coefficient (Wildman–Crippen LogP) is 12.6. The van der Waals surface area contributed by atoms with Gasteiger partial charge in [-0.2, -0.15) is 0 Å². The average Bonchev–Trinajstić information content (AvgIpc) is 3.90. The van der Waals surface area contributed by atoms with Crippen molar-refractivity contribution in [2.24, 2.45) is 29.1 Å². The van der Waals surface area contributed by atoms with Crippen LogP contribution in [0.1, 0.15) is 36.8 Å². The Labute approximate surface area is 298 Å². The molecule has 242 valence electrons. The molecule has 6 atom stereocenters. The van der Waals surface area contributed by atoms with Crippen LogP contribution in [0.15, 0.2) is 152 Å². The fourth-order valence-corrected chi connectivity index (χ4v) is 13.1. The van der Waals surface area contributed by atoms with Crippen molar-refractivity contribution in [1.29, 1.82) is 0 Å². The summed E-state index contributed by atoms with van der Waals surface area (Å²) in [5, 5.41) is 5.16. The third-order valence-corrected chi connectivity index (χ3v) is 14.8. The molecule has 6 unspecified atom stereocenters. The summed E-state index contributed by atoms with van der Waals surface area (Å²) in [6, 6.07) is 57.6. The van der Waals surface area contributed by atoms with Crippen LogP contribution in [0.25, 0.3) is 71.6 Å². The van der Waals surface area contributed by atoms with Gasteiger partial charge in [-0.05, 0) is 153 Å². The zero-order valence-electron chi connectivity index (χ0n) is 28.5. The molecule has 1 heteroatoms. The monoisotopic (exact) mass is 651 g/mol. The zero-order chi connectivity index (χ0) is 33.1. The molecule has 51 heavy (non-hydrogen) atoms. The average molecular weight is 652 g/mol. The number of hydrogen-bond donors (Lipinski definition) is 0. The van der Waals surface area contributed by atoms with Gasteiger partial charge in [-0.3, -0.25) is 0 Å². The molecule has 4 saturated carbocycles. The Morgan fingerprint density at radius 1 is 0.471 bits per heavy atom. The van der Waals surface area contributed by atoms with E-state index in [2.05, 4.69) is 156 Å². The molecule has 0 amide bonds. The van der Waals surface area contributed by atoms with E-state index in [1.54, 1.807) is 11.1 Å². The third-order valence-electron chi connectivity index (χ3n) is 14.8. The van der Waals surface area contributed by atoms with Gasteiger partial charge in [-0.25, -0.2) is 0 Å². The van der Waals surface area contributed by atoms with Crippen LogP contribution in [-0.2, 0) is 5.41 Å². The summed E-state index contributed by atoms with van der Waals surface area (Å²) in [6.07, 6.45) is 5.95. The van der Waals surface area contributed by atoms with E-state index in [-0.39, 0.29) is 5.41 Å². The van der Waals surface area contributed by atoms with E-state index in [4.69, 9.17) is 0 Å². The standard InChI is InChI=1S/C50H37N/c1-2-8-33-25-34(14-13-31(33)7-1)32-15-19-38(20-16-32)51-45-12-6-4-10-40(45)42-27-36(18-22-46(42)51)35-17-21-44-41(26-35)39-9-3-5-11-43(39)50(44)47-24-30-23-37-28-48(50)49(37,47)29-30/h1-22,25-27,30,37,47-48H,23-24,28-29H2. The molecule has 1 nitrogen and oxygen atoms in total. The first-order valence-electron chi connectivity index (χ1n) is 19.1. The molecule has 0 radical (unpaired) electrons. The van der Waals surface area contributed by atoms with E-state index in [1.807, 2.05) is 0 Å². The number of nitrogens with zero attached hydrogens (tertiary/aromatic N) is 1. The first-order chi connectivity index (χ1) is 25.2. The largest absolute Gasteiger partial charge is 0.309 e. The van der Waals surface area contributed by atoms with Gasteiger partial charge in [0.1, 0.15) is 0 Å². The molecule has 5 aliphatic rings. The second-order valence-electron chi connectivity index (χ2n) is 16.6. The van der Waals surface area contributed by atoms with Crippen LogP contribution in [-0.4, -0.2) is 4.57 Å². The number of hydrogen-bond acceptors (Lipinski definition) is 0. The lowest BCUT2D eigenvalue weighted by molar-refractivity contribution is -0.231. The Morgan fingerprint density at radius 2 is 1.16 bits per heavy atom. The number of benzene rings is 7. The smallest absolute Gasteiger partial charge is 0.0541 e. The predicted molar refractivity (Wildman–Crippen MR) is 210 cm³/mol. The van der Waals surface area contributed by atoms with Crippen LogP contribution < -0.4 is 0 Å². The second kappa shape index (κ2) is 9.28. The molecule has 4 fully saturated rings.